The fraction of sp³-hybridized carbons (Fsp3) is 0.125. The van der Waals surface area contributed by atoms with Crippen LogP contribution >= 0.6 is 31.9 Å². The van der Waals surface area contributed by atoms with Crippen molar-refractivity contribution in [2.75, 3.05) is 0 Å². The quantitative estimate of drug-likeness (QED) is 0.333. The van der Waals surface area contributed by atoms with Crippen molar-refractivity contribution in [3.05, 3.63) is 58.7 Å². The van der Waals surface area contributed by atoms with E-state index in [0.29, 0.717) is 21.8 Å². The van der Waals surface area contributed by atoms with E-state index in [0.717, 1.165) is 0 Å². The highest BCUT2D eigenvalue weighted by Crippen LogP contribution is 2.24. The number of hydrogen-bond acceptors (Lipinski definition) is 4. The summed E-state index contributed by atoms with van der Waals surface area (Å²) in [6, 6.07) is 8.97. The van der Waals surface area contributed by atoms with Crippen molar-refractivity contribution < 1.29 is 25.9 Å². The first kappa shape index (κ1) is 21.3. The minimum Gasteiger partial charge on any atom is -0.282 e. The maximum atomic E-state index is 11.6. The third kappa shape index (κ3) is 5.24. The molecule has 2 rings (SSSR count). The summed E-state index contributed by atoms with van der Waals surface area (Å²) < 4.78 is 65.3. The molecule has 140 valence electrons. The lowest BCUT2D eigenvalue weighted by molar-refractivity contribution is 0.480. The van der Waals surface area contributed by atoms with E-state index in [4.69, 9.17) is 0 Å². The van der Waals surface area contributed by atoms with Crippen LogP contribution in [0.2, 0.25) is 0 Å². The van der Waals surface area contributed by atoms with Gasteiger partial charge in [0.1, 0.15) is 9.79 Å². The highest BCUT2D eigenvalue weighted by molar-refractivity contribution is 9.08. The Morgan fingerprint density at radius 3 is 1.35 bits per heavy atom. The molecule has 2 N–H and O–H groups in total. The maximum absolute atomic E-state index is 11.6. The van der Waals surface area contributed by atoms with Gasteiger partial charge in [0.2, 0.25) is 0 Å². The average molecular weight is 526 g/mol. The number of rotatable bonds is 6. The molecule has 10 heteroatoms. The molecule has 0 saturated carbocycles. The van der Waals surface area contributed by atoms with Crippen LogP contribution in [-0.2, 0) is 30.9 Å². The monoisotopic (exact) mass is 524 g/mol. The molecule has 0 amide bonds. The molecular formula is C16H14Br2O6S2. The molecule has 6 nitrogen and oxygen atoms in total. The molecule has 0 radical (unpaired) electrons. The summed E-state index contributed by atoms with van der Waals surface area (Å²) in [6.07, 6.45) is 2.72. The van der Waals surface area contributed by atoms with Crippen LogP contribution in [0.4, 0.5) is 0 Å². The molecule has 0 aliphatic carbocycles. The Morgan fingerprint density at radius 2 is 1.08 bits per heavy atom. The van der Waals surface area contributed by atoms with Crippen molar-refractivity contribution in [3.8, 4) is 0 Å². The van der Waals surface area contributed by atoms with Gasteiger partial charge >= 0.3 is 0 Å². The average Bonchev–Trinajstić information content (AvgIpc) is 2.58. The minimum atomic E-state index is -4.47. The molecule has 0 spiro atoms. The Balaban J connectivity index is 2.58. The zero-order valence-corrected chi connectivity index (χ0v) is 17.9. The van der Waals surface area contributed by atoms with Crippen LogP contribution in [0.5, 0.6) is 0 Å². The summed E-state index contributed by atoms with van der Waals surface area (Å²) in [7, 11) is -8.93. The zero-order valence-electron chi connectivity index (χ0n) is 13.1. The van der Waals surface area contributed by atoms with E-state index in [1.165, 1.54) is 36.4 Å². The van der Waals surface area contributed by atoms with Crippen molar-refractivity contribution in [2.45, 2.75) is 20.5 Å². The van der Waals surface area contributed by atoms with E-state index < -0.39 is 20.2 Å². The standard InChI is InChI=1S/C16H14Br2O6S2/c17-9-11-1-3-13(15(7-11)25(19,20)21)5-6-14-4-2-12(10-18)8-16(14)26(22,23)24/h1-8H,9-10H2,(H,19,20,21)(H,22,23,24)/b6-5+. The SMILES string of the molecule is O=S(=O)(O)c1cc(CBr)ccc1/C=C/c1ccc(CBr)cc1S(=O)(=O)O. The van der Waals surface area contributed by atoms with Gasteiger partial charge in [0, 0.05) is 10.7 Å². The lowest BCUT2D eigenvalue weighted by Crippen LogP contribution is -2.03. The van der Waals surface area contributed by atoms with Gasteiger partial charge in [-0.25, -0.2) is 0 Å². The van der Waals surface area contributed by atoms with Crippen molar-refractivity contribution in [1.82, 2.24) is 0 Å². The van der Waals surface area contributed by atoms with Gasteiger partial charge in [-0.1, -0.05) is 68.3 Å². The Labute approximate surface area is 168 Å². The van der Waals surface area contributed by atoms with Gasteiger partial charge in [0.25, 0.3) is 20.2 Å². The second-order valence-electron chi connectivity index (χ2n) is 5.30. The molecule has 0 saturated heterocycles. The summed E-state index contributed by atoms with van der Waals surface area (Å²) in [5.41, 5.74) is 1.66. The molecule has 0 bridgehead atoms. The summed E-state index contributed by atoms with van der Waals surface area (Å²) in [6.45, 7) is 0. The molecule has 0 aromatic heterocycles. The molecule has 26 heavy (non-hydrogen) atoms. The van der Waals surface area contributed by atoms with Gasteiger partial charge < -0.3 is 0 Å². The number of alkyl halides is 2. The predicted molar refractivity (Wildman–Crippen MR) is 107 cm³/mol. The third-order valence-electron chi connectivity index (χ3n) is 3.46. The fourth-order valence-electron chi connectivity index (χ4n) is 2.23. The van der Waals surface area contributed by atoms with Crippen LogP contribution in [0.25, 0.3) is 12.2 Å². The largest absolute Gasteiger partial charge is 0.295 e. The van der Waals surface area contributed by atoms with Crippen LogP contribution in [0, 0.1) is 0 Å². The van der Waals surface area contributed by atoms with Gasteiger partial charge in [0.05, 0.1) is 0 Å². The lowest BCUT2D eigenvalue weighted by atomic mass is 10.1. The zero-order chi connectivity index (χ0) is 19.5. The summed E-state index contributed by atoms with van der Waals surface area (Å²) >= 11 is 6.42. The molecule has 0 aliphatic heterocycles. The maximum Gasteiger partial charge on any atom is 0.295 e. The molecule has 0 aliphatic rings. The first-order chi connectivity index (χ1) is 12.1. The Hall–Kier alpha value is -1.04. The van der Waals surface area contributed by atoms with E-state index in [1.807, 2.05) is 0 Å². The molecule has 0 atom stereocenters. The molecule has 0 unspecified atom stereocenters. The van der Waals surface area contributed by atoms with Crippen LogP contribution in [-0.4, -0.2) is 25.9 Å². The summed E-state index contributed by atoms with van der Waals surface area (Å²) in [5, 5.41) is 0.806. The van der Waals surface area contributed by atoms with Gasteiger partial charge in [-0.05, 0) is 34.4 Å². The molecular weight excluding hydrogens is 512 g/mol. The van der Waals surface area contributed by atoms with Crippen LogP contribution in [0.1, 0.15) is 22.3 Å². The predicted octanol–water partition coefficient (Wildman–Crippen LogP) is 4.14. The van der Waals surface area contributed by atoms with E-state index >= 15 is 0 Å². The van der Waals surface area contributed by atoms with E-state index in [1.54, 1.807) is 12.1 Å². The Morgan fingerprint density at radius 1 is 0.731 bits per heavy atom. The molecule has 2 aromatic rings. The van der Waals surface area contributed by atoms with Crippen molar-refractivity contribution in [3.63, 3.8) is 0 Å². The minimum absolute atomic E-state index is 0.183. The second-order valence-corrected chi connectivity index (χ2v) is 9.20. The topological polar surface area (TPSA) is 109 Å². The Bertz CT molecular complexity index is 975. The normalized spacial score (nSPS) is 12.6. The third-order valence-corrected chi connectivity index (χ3v) is 6.58. The first-order valence-electron chi connectivity index (χ1n) is 7.07. The molecule has 0 heterocycles. The van der Waals surface area contributed by atoms with Gasteiger partial charge in [0.15, 0.2) is 0 Å². The summed E-state index contributed by atoms with van der Waals surface area (Å²) in [4.78, 5) is -0.590. The smallest absolute Gasteiger partial charge is 0.282 e. The van der Waals surface area contributed by atoms with Gasteiger partial charge in [-0.15, -0.1) is 0 Å². The van der Waals surface area contributed by atoms with E-state index in [-0.39, 0.29) is 20.9 Å². The van der Waals surface area contributed by atoms with E-state index in [2.05, 4.69) is 31.9 Å². The van der Waals surface area contributed by atoms with Crippen LogP contribution in [0.3, 0.4) is 0 Å². The Kier molecular flexibility index (Phi) is 6.81. The van der Waals surface area contributed by atoms with Crippen molar-refractivity contribution in [1.29, 1.82) is 0 Å². The van der Waals surface area contributed by atoms with Gasteiger partial charge in [-0.2, -0.15) is 16.8 Å². The number of benzene rings is 2. The molecule has 0 fully saturated rings. The highest BCUT2D eigenvalue weighted by atomic mass is 79.9. The number of halogens is 2. The highest BCUT2D eigenvalue weighted by Gasteiger charge is 2.17. The van der Waals surface area contributed by atoms with Crippen LogP contribution < -0.4 is 0 Å². The molecule has 2 aromatic carbocycles. The second kappa shape index (κ2) is 8.32. The fourth-order valence-corrected chi connectivity index (χ4v) is 4.39. The van der Waals surface area contributed by atoms with E-state index in [9.17, 15) is 25.9 Å². The summed E-state index contributed by atoms with van der Waals surface area (Å²) in [5.74, 6) is 0. The van der Waals surface area contributed by atoms with Gasteiger partial charge in [-0.3, -0.25) is 9.11 Å². The number of hydrogen-bond donors (Lipinski definition) is 2. The van der Waals surface area contributed by atoms with Crippen LogP contribution in [0.15, 0.2) is 46.2 Å². The lowest BCUT2D eigenvalue weighted by Gasteiger charge is -2.07. The van der Waals surface area contributed by atoms with Crippen molar-refractivity contribution in [2.24, 2.45) is 0 Å². The van der Waals surface area contributed by atoms with Crippen molar-refractivity contribution >= 4 is 64.2 Å². The first-order valence-corrected chi connectivity index (χ1v) is 12.2.